The van der Waals surface area contributed by atoms with Gasteiger partial charge in [-0.15, -0.1) is 0 Å². The summed E-state index contributed by atoms with van der Waals surface area (Å²) >= 11 is 0. The zero-order chi connectivity index (χ0) is 19.9. The van der Waals surface area contributed by atoms with Crippen molar-refractivity contribution < 1.29 is 14.9 Å². The van der Waals surface area contributed by atoms with Crippen LogP contribution in [0.15, 0.2) is 12.2 Å². The fraction of sp³-hybridized carbons (Fsp3) is 0.917. The number of rotatable bonds is 4. The number of allylic oxidation sites excluding steroid dienone is 1. The van der Waals surface area contributed by atoms with Crippen LogP contribution in [0, 0.1) is 28.6 Å². The Morgan fingerprint density at radius 3 is 2.57 bits per heavy atom. The molecule has 28 heavy (non-hydrogen) atoms. The van der Waals surface area contributed by atoms with E-state index in [0.29, 0.717) is 17.8 Å². The molecule has 2 N–H and O–H groups in total. The number of aliphatic hydroxyl groups excluding tert-OH is 2. The average molecular weight is 392 g/mol. The lowest BCUT2D eigenvalue weighted by molar-refractivity contribution is -0.121. The molecule has 4 heteroatoms. The summed E-state index contributed by atoms with van der Waals surface area (Å²) in [6.07, 6.45) is 8.05. The Labute approximate surface area is 171 Å². The Bertz CT molecular complexity index is 574. The van der Waals surface area contributed by atoms with Gasteiger partial charge in [0.25, 0.3) is 0 Å². The molecule has 1 heterocycles. The van der Waals surface area contributed by atoms with Crippen LogP contribution in [0.3, 0.4) is 0 Å². The van der Waals surface area contributed by atoms with Gasteiger partial charge in [0, 0.05) is 13.1 Å². The molecule has 0 amide bonds. The van der Waals surface area contributed by atoms with Crippen molar-refractivity contribution in [3.05, 3.63) is 12.2 Å². The number of morpholine rings is 1. The quantitative estimate of drug-likeness (QED) is 0.719. The molecule has 4 aliphatic rings. The Balaban J connectivity index is 1.49. The maximum absolute atomic E-state index is 11.5. The van der Waals surface area contributed by atoms with Gasteiger partial charge in [-0.3, -0.25) is 4.90 Å². The van der Waals surface area contributed by atoms with Crippen LogP contribution in [0.5, 0.6) is 0 Å². The maximum atomic E-state index is 11.5. The number of ether oxygens (including phenoxy) is 1. The van der Waals surface area contributed by atoms with Crippen molar-refractivity contribution >= 4 is 0 Å². The van der Waals surface area contributed by atoms with Crippen LogP contribution in [-0.4, -0.2) is 60.2 Å². The average Bonchev–Trinajstić information content (AvgIpc) is 2.99. The monoisotopic (exact) mass is 391 g/mol. The van der Waals surface area contributed by atoms with Crippen LogP contribution >= 0.6 is 0 Å². The fourth-order valence-electron chi connectivity index (χ4n) is 7.23. The Morgan fingerprint density at radius 1 is 1.07 bits per heavy atom. The molecule has 0 unspecified atom stereocenters. The van der Waals surface area contributed by atoms with Gasteiger partial charge in [0.2, 0.25) is 0 Å². The van der Waals surface area contributed by atoms with E-state index in [1.54, 1.807) is 0 Å². The highest BCUT2D eigenvalue weighted by Crippen LogP contribution is 2.61. The standard InChI is InChI=1S/C24H41NO3/c1-17-4-5-20-22(27)21(7-10-23(17,20)2)24(3)9-6-19(26)16-18(24)8-11-25-12-14-28-15-13-25/h18-22,26-27H,1,4-16H2,2-3H3/t18-,19-,20-,21-,22-,23+,24-/m0/s1. The van der Waals surface area contributed by atoms with Crippen molar-refractivity contribution in [1.82, 2.24) is 4.90 Å². The number of hydrogen-bond donors (Lipinski definition) is 2. The molecule has 160 valence electrons. The highest BCUT2D eigenvalue weighted by Gasteiger charge is 2.56. The molecule has 4 nitrogen and oxygen atoms in total. The molecule has 0 spiro atoms. The zero-order valence-corrected chi connectivity index (χ0v) is 18.0. The Morgan fingerprint density at radius 2 is 1.82 bits per heavy atom. The van der Waals surface area contributed by atoms with Crippen LogP contribution in [-0.2, 0) is 4.74 Å². The van der Waals surface area contributed by atoms with Crippen molar-refractivity contribution in [3.63, 3.8) is 0 Å². The van der Waals surface area contributed by atoms with Crippen molar-refractivity contribution in [2.24, 2.45) is 28.6 Å². The van der Waals surface area contributed by atoms with Crippen molar-refractivity contribution in [1.29, 1.82) is 0 Å². The van der Waals surface area contributed by atoms with Crippen molar-refractivity contribution in [2.75, 3.05) is 32.8 Å². The first kappa shape index (κ1) is 20.8. The largest absolute Gasteiger partial charge is 0.393 e. The lowest BCUT2D eigenvalue weighted by atomic mass is 9.51. The molecule has 4 rings (SSSR count). The number of hydrogen-bond acceptors (Lipinski definition) is 4. The fourth-order valence-corrected chi connectivity index (χ4v) is 7.23. The first-order valence-electron chi connectivity index (χ1n) is 11.7. The summed E-state index contributed by atoms with van der Waals surface area (Å²) in [5.74, 6) is 1.23. The minimum absolute atomic E-state index is 0.135. The molecule has 0 aromatic rings. The van der Waals surface area contributed by atoms with Crippen LogP contribution in [0.2, 0.25) is 0 Å². The second-order valence-corrected chi connectivity index (χ2v) is 10.7. The third-order valence-corrected chi connectivity index (χ3v) is 9.43. The van der Waals surface area contributed by atoms with Gasteiger partial charge >= 0.3 is 0 Å². The van der Waals surface area contributed by atoms with Gasteiger partial charge in [-0.05, 0) is 86.5 Å². The molecule has 0 radical (unpaired) electrons. The minimum Gasteiger partial charge on any atom is -0.393 e. The van der Waals surface area contributed by atoms with E-state index >= 15 is 0 Å². The van der Waals surface area contributed by atoms with E-state index in [1.807, 2.05) is 0 Å². The van der Waals surface area contributed by atoms with E-state index in [1.165, 1.54) is 12.0 Å². The third kappa shape index (κ3) is 3.59. The number of nitrogens with zero attached hydrogens (tertiary/aromatic N) is 1. The summed E-state index contributed by atoms with van der Waals surface area (Å²) in [7, 11) is 0. The molecular weight excluding hydrogens is 350 g/mol. The molecule has 0 bridgehead atoms. The molecule has 7 atom stereocenters. The molecular formula is C24H41NO3. The van der Waals surface area contributed by atoms with E-state index in [0.717, 1.165) is 77.8 Å². The Kier molecular flexibility index (Phi) is 5.97. The van der Waals surface area contributed by atoms with E-state index in [4.69, 9.17) is 4.74 Å². The van der Waals surface area contributed by atoms with Gasteiger partial charge in [-0.25, -0.2) is 0 Å². The van der Waals surface area contributed by atoms with Crippen LogP contribution in [0.4, 0.5) is 0 Å². The van der Waals surface area contributed by atoms with Gasteiger partial charge in [-0.2, -0.15) is 0 Å². The number of fused-ring (bicyclic) bond motifs is 1. The van der Waals surface area contributed by atoms with Gasteiger partial charge < -0.3 is 14.9 Å². The lowest BCUT2D eigenvalue weighted by Gasteiger charge is -2.55. The summed E-state index contributed by atoms with van der Waals surface area (Å²) in [6.45, 7) is 14.0. The smallest absolute Gasteiger partial charge is 0.0610 e. The minimum atomic E-state index is -0.218. The highest BCUT2D eigenvalue weighted by atomic mass is 16.5. The van der Waals surface area contributed by atoms with Crippen LogP contribution in [0.25, 0.3) is 0 Å². The molecule has 0 aromatic carbocycles. The van der Waals surface area contributed by atoms with E-state index in [9.17, 15) is 10.2 Å². The second-order valence-electron chi connectivity index (χ2n) is 10.7. The van der Waals surface area contributed by atoms with Crippen molar-refractivity contribution in [3.8, 4) is 0 Å². The lowest BCUT2D eigenvalue weighted by Crippen LogP contribution is -2.53. The molecule has 1 saturated heterocycles. The Hall–Kier alpha value is -0.420. The predicted octanol–water partition coefficient (Wildman–Crippen LogP) is 3.62. The molecule has 3 saturated carbocycles. The summed E-state index contributed by atoms with van der Waals surface area (Å²) < 4.78 is 5.50. The van der Waals surface area contributed by atoms with Crippen molar-refractivity contribution in [2.45, 2.75) is 77.4 Å². The summed E-state index contributed by atoms with van der Waals surface area (Å²) in [5.41, 5.74) is 1.64. The van der Waals surface area contributed by atoms with E-state index in [2.05, 4.69) is 25.3 Å². The summed E-state index contributed by atoms with van der Waals surface area (Å²) in [5, 5.41) is 21.9. The van der Waals surface area contributed by atoms with Gasteiger partial charge in [0.15, 0.2) is 0 Å². The van der Waals surface area contributed by atoms with Crippen LogP contribution < -0.4 is 0 Å². The second kappa shape index (κ2) is 8.02. The number of aliphatic hydroxyl groups is 2. The molecule has 4 fully saturated rings. The first-order valence-corrected chi connectivity index (χ1v) is 11.7. The first-order chi connectivity index (χ1) is 13.3. The van der Waals surface area contributed by atoms with Crippen LogP contribution in [0.1, 0.15) is 65.2 Å². The normalized spacial score (nSPS) is 47.9. The van der Waals surface area contributed by atoms with E-state index in [-0.39, 0.29) is 23.0 Å². The summed E-state index contributed by atoms with van der Waals surface area (Å²) in [4.78, 5) is 2.51. The third-order valence-electron chi connectivity index (χ3n) is 9.43. The zero-order valence-electron chi connectivity index (χ0n) is 18.0. The van der Waals surface area contributed by atoms with Gasteiger partial charge in [0.05, 0.1) is 25.4 Å². The highest BCUT2D eigenvalue weighted by molar-refractivity contribution is 5.21. The topological polar surface area (TPSA) is 52.9 Å². The SMILES string of the molecule is C=C1CC[C@H]2[C@H](O)[C@@H]([C@@]3(C)CC[C@H](O)C[C@@H]3CCN3CCOCC3)CC[C@]12C. The maximum Gasteiger partial charge on any atom is 0.0610 e. The predicted molar refractivity (Wildman–Crippen MR) is 112 cm³/mol. The molecule has 0 aromatic heterocycles. The van der Waals surface area contributed by atoms with E-state index < -0.39 is 0 Å². The van der Waals surface area contributed by atoms with Gasteiger partial charge in [0.1, 0.15) is 0 Å². The van der Waals surface area contributed by atoms with Gasteiger partial charge in [-0.1, -0.05) is 26.0 Å². The molecule has 3 aliphatic carbocycles. The molecule has 1 aliphatic heterocycles. The summed E-state index contributed by atoms with van der Waals surface area (Å²) in [6, 6.07) is 0.